The minimum Gasteiger partial charge on any atom is -0.357 e. The molecule has 31 heavy (non-hydrogen) atoms. The second-order valence-electron chi connectivity index (χ2n) is 8.02. The van der Waals surface area contributed by atoms with E-state index in [0.29, 0.717) is 13.0 Å². The minimum atomic E-state index is 0. The molecule has 0 bridgehead atoms. The molecule has 0 spiro atoms. The number of hydrogen-bond donors (Lipinski definition) is 2. The molecule has 1 aromatic heterocycles. The monoisotopic (exact) mass is 537 g/mol. The highest BCUT2D eigenvalue weighted by atomic mass is 127. The van der Waals surface area contributed by atoms with Crippen LogP contribution in [0.25, 0.3) is 0 Å². The maximum Gasteiger partial charge on any atom is 0.223 e. The molecule has 0 saturated heterocycles. The van der Waals surface area contributed by atoms with Crippen molar-refractivity contribution in [3.8, 4) is 0 Å². The van der Waals surface area contributed by atoms with E-state index in [1.54, 1.807) is 0 Å². The van der Waals surface area contributed by atoms with E-state index in [-0.39, 0.29) is 35.9 Å². The number of carbonyl (C=O) groups excluding carboxylic acids is 1. The van der Waals surface area contributed by atoms with Crippen LogP contribution in [0.4, 0.5) is 0 Å². The summed E-state index contributed by atoms with van der Waals surface area (Å²) in [7, 11) is 0. The van der Waals surface area contributed by atoms with Gasteiger partial charge in [-0.1, -0.05) is 24.3 Å². The number of fused-ring (bicyclic) bond motifs is 2. The van der Waals surface area contributed by atoms with Crippen molar-refractivity contribution < 1.29 is 4.79 Å². The molecule has 9 heteroatoms. The molecule has 1 amide bonds. The zero-order valence-corrected chi connectivity index (χ0v) is 20.6. The van der Waals surface area contributed by atoms with Gasteiger partial charge in [-0.25, -0.2) is 9.67 Å². The summed E-state index contributed by atoms with van der Waals surface area (Å²) in [5, 5.41) is 11.3. The molecule has 168 valence electrons. The molecule has 2 aliphatic heterocycles. The summed E-state index contributed by atoms with van der Waals surface area (Å²) >= 11 is 0. The first-order chi connectivity index (χ1) is 14.6. The standard InChI is InChI=1S/C22H31N7O.HI/c1-3-23-22(26-19-10-11-20-25-16(2)27-29(20)15-19)24-12-6-9-21(30)28-13-17-7-4-5-8-18(17)14-28;/h4-5,7-8,19H,3,6,9-15H2,1-2H3,(H2,23,24,26);1H. The second kappa shape index (κ2) is 10.9. The number of nitrogens with one attached hydrogen (secondary N) is 2. The lowest BCUT2D eigenvalue weighted by Gasteiger charge is -2.25. The maximum atomic E-state index is 12.6. The Labute approximate surface area is 200 Å². The zero-order chi connectivity index (χ0) is 20.9. The van der Waals surface area contributed by atoms with Gasteiger partial charge in [-0.3, -0.25) is 9.79 Å². The lowest BCUT2D eigenvalue weighted by atomic mass is 10.1. The Kier molecular flexibility index (Phi) is 8.28. The topological polar surface area (TPSA) is 87.4 Å². The number of benzene rings is 1. The molecule has 0 fully saturated rings. The number of hydrogen-bond acceptors (Lipinski definition) is 4. The highest BCUT2D eigenvalue weighted by Gasteiger charge is 2.23. The lowest BCUT2D eigenvalue weighted by Crippen LogP contribution is -2.47. The Balaban J connectivity index is 0.00000272. The number of guanidine groups is 1. The molecule has 3 heterocycles. The van der Waals surface area contributed by atoms with Crippen LogP contribution in [0.1, 0.15) is 49.0 Å². The van der Waals surface area contributed by atoms with Gasteiger partial charge in [0.25, 0.3) is 0 Å². The van der Waals surface area contributed by atoms with Gasteiger partial charge in [-0.2, -0.15) is 5.10 Å². The fraction of sp³-hybridized carbons (Fsp3) is 0.545. The molecular weight excluding hydrogens is 505 g/mol. The first-order valence-corrected chi connectivity index (χ1v) is 10.9. The van der Waals surface area contributed by atoms with E-state index in [2.05, 4.69) is 44.8 Å². The van der Waals surface area contributed by atoms with Crippen molar-refractivity contribution in [2.45, 2.75) is 65.2 Å². The quantitative estimate of drug-likeness (QED) is 0.256. The van der Waals surface area contributed by atoms with Crippen molar-refractivity contribution in [2.24, 2.45) is 4.99 Å². The fourth-order valence-corrected chi connectivity index (χ4v) is 4.15. The summed E-state index contributed by atoms with van der Waals surface area (Å²) in [4.78, 5) is 23.6. The van der Waals surface area contributed by atoms with Gasteiger partial charge >= 0.3 is 0 Å². The Morgan fingerprint density at radius 3 is 2.71 bits per heavy atom. The average Bonchev–Trinajstić information content (AvgIpc) is 3.33. The van der Waals surface area contributed by atoms with Gasteiger partial charge in [0.05, 0.1) is 6.54 Å². The first kappa shape index (κ1) is 23.5. The Morgan fingerprint density at radius 1 is 1.26 bits per heavy atom. The molecule has 2 aromatic rings. The van der Waals surface area contributed by atoms with Crippen LogP contribution in [-0.2, 0) is 30.8 Å². The van der Waals surface area contributed by atoms with E-state index in [0.717, 1.165) is 63.0 Å². The normalized spacial score (nSPS) is 17.5. The van der Waals surface area contributed by atoms with Gasteiger partial charge in [0.15, 0.2) is 5.96 Å². The van der Waals surface area contributed by atoms with Crippen molar-refractivity contribution in [3.05, 3.63) is 47.0 Å². The third-order valence-electron chi connectivity index (χ3n) is 5.66. The molecule has 1 atom stereocenters. The maximum absolute atomic E-state index is 12.6. The second-order valence-corrected chi connectivity index (χ2v) is 8.02. The van der Waals surface area contributed by atoms with Crippen molar-refractivity contribution in [2.75, 3.05) is 13.1 Å². The van der Waals surface area contributed by atoms with Crippen LogP contribution in [0.5, 0.6) is 0 Å². The molecule has 4 rings (SSSR count). The molecule has 0 radical (unpaired) electrons. The van der Waals surface area contributed by atoms with E-state index in [1.165, 1.54) is 11.1 Å². The first-order valence-electron chi connectivity index (χ1n) is 10.9. The smallest absolute Gasteiger partial charge is 0.223 e. The van der Waals surface area contributed by atoms with Crippen LogP contribution in [0, 0.1) is 6.92 Å². The predicted molar refractivity (Wildman–Crippen MR) is 131 cm³/mol. The van der Waals surface area contributed by atoms with E-state index in [9.17, 15) is 4.79 Å². The van der Waals surface area contributed by atoms with Crippen molar-refractivity contribution in [1.82, 2.24) is 30.3 Å². The van der Waals surface area contributed by atoms with Gasteiger partial charge in [-0.15, -0.1) is 24.0 Å². The summed E-state index contributed by atoms with van der Waals surface area (Å²) in [5.74, 6) is 2.91. The van der Waals surface area contributed by atoms with Crippen molar-refractivity contribution in [3.63, 3.8) is 0 Å². The number of aromatic nitrogens is 3. The van der Waals surface area contributed by atoms with Crippen LogP contribution >= 0.6 is 24.0 Å². The summed E-state index contributed by atoms with van der Waals surface area (Å²) in [6, 6.07) is 8.56. The van der Waals surface area contributed by atoms with Gasteiger partial charge in [0.2, 0.25) is 5.91 Å². The van der Waals surface area contributed by atoms with Crippen LogP contribution in [0.2, 0.25) is 0 Å². The molecule has 1 aromatic carbocycles. The van der Waals surface area contributed by atoms with Crippen molar-refractivity contribution >= 4 is 35.8 Å². The number of aliphatic imine (C=N–C) groups is 1. The number of carbonyl (C=O) groups is 1. The van der Waals surface area contributed by atoms with Gasteiger partial charge in [0.1, 0.15) is 11.6 Å². The number of halogens is 1. The zero-order valence-electron chi connectivity index (χ0n) is 18.3. The predicted octanol–water partition coefficient (Wildman–Crippen LogP) is 2.40. The van der Waals surface area contributed by atoms with Gasteiger partial charge in [0, 0.05) is 45.1 Å². The summed E-state index contributed by atoms with van der Waals surface area (Å²) < 4.78 is 1.99. The van der Waals surface area contributed by atoms with Crippen molar-refractivity contribution in [1.29, 1.82) is 0 Å². The molecule has 0 aliphatic carbocycles. The summed E-state index contributed by atoms with van der Waals surface area (Å²) in [6.45, 7) is 7.68. The number of rotatable bonds is 6. The lowest BCUT2D eigenvalue weighted by molar-refractivity contribution is -0.131. The molecule has 8 nitrogen and oxygen atoms in total. The Morgan fingerprint density at radius 2 is 2.00 bits per heavy atom. The molecule has 2 aliphatic rings. The van der Waals surface area contributed by atoms with Gasteiger partial charge in [-0.05, 0) is 37.8 Å². The number of amides is 1. The third-order valence-corrected chi connectivity index (χ3v) is 5.66. The van der Waals surface area contributed by atoms with Crippen LogP contribution in [0.3, 0.4) is 0 Å². The van der Waals surface area contributed by atoms with Crippen LogP contribution in [-0.4, -0.2) is 50.7 Å². The highest BCUT2D eigenvalue weighted by molar-refractivity contribution is 14.0. The Bertz CT molecular complexity index is 901. The minimum absolute atomic E-state index is 0. The van der Waals surface area contributed by atoms with E-state index in [4.69, 9.17) is 0 Å². The average molecular weight is 537 g/mol. The molecule has 0 saturated carbocycles. The third kappa shape index (κ3) is 5.96. The summed E-state index contributed by atoms with van der Waals surface area (Å²) in [5.41, 5.74) is 2.53. The largest absolute Gasteiger partial charge is 0.357 e. The Hall–Kier alpha value is -2.17. The van der Waals surface area contributed by atoms with E-state index < -0.39 is 0 Å². The molecular formula is C22H32IN7O. The summed E-state index contributed by atoms with van der Waals surface area (Å²) in [6.07, 6.45) is 3.21. The number of nitrogens with zero attached hydrogens (tertiary/aromatic N) is 5. The fourth-order valence-electron chi connectivity index (χ4n) is 4.15. The van der Waals surface area contributed by atoms with Gasteiger partial charge < -0.3 is 15.5 Å². The molecule has 1 unspecified atom stereocenters. The van der Waals surface area contributed by atoms with E-state index >= 15 is 0 Å². The van der Waals surface area contributed by atoms with Crippen LogP contribution in [0.15, 0.2) is 29.3 Å². The number of aryl methyl sites for hydroxylation is 2. The van der Waals surface area contributed by atoms with E-state index in [1.807, 2.05) is 28.6 Å². The molecule has 2 N–H and O–H groups in total. The highest BCUT2D eigenvalue weighted by Crippen LogP contribution is 2.23. The SMILES string of the molecule is CCNC(=NCCCC(=O)N1Cc2ccccc2C1)NC1CCc2nc(C)nn2C1.I. The van der Waals surface area contributed by atoms with Crippen LogP contribution < -0.4 is 10.6 Å².